The van der Waals surface area contributed by atoms with Crippen LogP contribution in [-0.4, -0.2) is 19.2 Å². The molecular weight excluding hydrogens is 266 g/mol. The van der Waals surface area contributed by atoms with Gasteiger partial charge < -0.3 is 10.1 Å². The summed E-state index contributed by atoms with van der Waals surface area (Å²) in [6.07, 6.45) is 0.171. The van der Waals surface area contributed by atoms with Crippen molar-refractivity contribution in [1.82, 2.24) is 5.32 Å². The minimum atomic E-state index is 0.171. The van der Waals surface area contributed by atoms with Crippen LogP contribution in [0.25, 0.3) is 0 Å². The Balaban J connectivity index is 2.10. The molecule has 3 atom stereocenters. The van der Waals surface area contributed by atoms with Crippen LogP contribution in [0, 0.1) is 5.92 Å². The summed E-state index contributed by atoms with van der Waals surface area (Å²) in [5, 5.41) is 3.52. The fourth-order valence-corrected chi connectivity index (χ4v) is 2.30. The maximum Gasteiger partial charge on any atom is 0.0949 e. The van der Waals surface area contributed by atoms with Crippen molar-refractivity contribution in [3.63, 3.8) is 0 Å². The normalized spacial score (nSPS) is 31.1. The molecule has 1 saturated heterocycles. The van der Waals surface area contributed by atoms with Crippen molar-refractivity contribution in [1.29, 1.82) is 0 Å². The third-order valence-corrected chi connectivity index (χ3v) is 3.75. The molecule has 88 valence electrons. The van der Waals surface area contributed by atoms with E-state index in [0.717, 1.165) is 17.6 Å². The van der Waals surface area contributed by atoms with Crippen LogP contribution in [0.1, 0.15) is 25.5 Å². The molecule has 0 radical (unpaired) electrons. The summed E-state index contributed by atoms with van der Waals surface area (Å²) < 4.78 is 7.05. The number of rotatable bonds is 1. The molecule has 1 fully saturated rings. The van der Waals surface area contributed by atoms with Gasteiger partial charge >= 0.3 is 0 Å². The summed E-state index contributed by atoms with van der Waals surface area (Å²) in [6, 6.07) is 8.88. The van der Waals surface area contributed by atoms with Gasteiger partial charge in [0.1, 0.15) is 0 Å². The Labute approximate surface area is 106 Å². The quantitative estimate of drug-likeness (QED) is 0.855. The third kappa shape index (κ3) is 2.84. The van der Waals surface area contributed by atoms with Gasteiger partial charge in [0.05, 0.1) is 12.7 Å². The van der Waals surface area contributed by atoms with E-state index in [9.17, 15) is 0 Å². The Morgan fingerprint density at radius 3 is 2.94 bits per heavy atom. The van der Waals surface area contributed by atoms with Gasteiger partial charge in [-0.1, -0.05) is 35.0 Å². The Kier molecular flexibility index (Phi) is 4.00. The molecule has 1 aliphatic rings. The summed E-state index contributed by atoms with van der Waals surface area (Å²) in [7, 11) is 0. The first-order valence-corrected chi connectivity index (χ1v) is 6.56. The Morgan fingerprint density at radius 2 is 2.19 bits per heavy atom. The highest BCUT2D eigenvalue weighted by Gasteiger charge is 2.22. The lowest BCUT2D eigenvalue weighted by molar-refractivity contribution is 0.0496. The van der Waals surface area contributed by atoms with Crippen LogP contribution in [-0.2, 0) is 4.74 Å². The van der Waals surface area contributed by atoms with Crippen molar-refractivity contribution < 1.29 is 4.74 Å². The fourth-order valence-electron chi connectivity index (χ4n) is 1.89. The molecule has 1 aromatic rings. The first-order valence-electron chi connectivity index (χ1n) is 5.77. The SMILES string of the molecule is CC1COC(c2cccc(Br)c2)CNC1C. The minimum absolute atomic E-state index is 0.171. The van der Waals surface area contributed by atoms with Gasteiger partial charge in [-0.15, -0.1) is 0 Å². The lowest BCUT2D eigenvalue weighted by atomic mass is 10.1. The van der Waals surface area contributed by atoms with Crippen LogP contribution in [0.4, 0.5) is 0 Å². The molecule has 1 aromatic carbocycles. The monoisotopic (exact) mass is 283 g/mol. The summed E-state index contributed by atoms with van der Waals surface area (Å²) in [5.74, 6) is 0.567. The van der Waals surface area contributed by atoms with Crippen molar-refractivity contribution in [2.75, 3.05) is 13.2 Å². The Hall–Kier alpha value is -0.380. The van der Waals surface area contributed by atoms with E-state index in [2.05, 4.69) is 53.3 Å². The molecule has 0 aromatic heterocycles. The summed E-state index contributed by atoms with van der Waals surface area (Å²) in [4.78, 5) is 0. The minimum Gasteiger partial charge on any atom is -0.372 e. The topological polar surface area (TPSA) is 21.3 Å². The molecule has 3 unspecified atom stereocenters. The van der Waals surface area contributed by atoms with E-state index < -0.39 is 0 Å². The lowest BCUT2D eigenvalue weighted by Gasteiger charge is -2.15. The molecule has 1 aliphatic heterocycles. The average molecular weight is 284 g/mol. The molecular formula is C13H18BrNO. The van der Waals surface area contributed by atoms with Gasteiger partial charge in [0.15, 0.2) is 0 Å². The second kappa shape index (κ2) is 5.30. The first-order chi connectivity index (χ1) is 7.66. The zero-order valence-electron chi connectivity index (χ0n) is 9.74. The van der Waals surface area contributed by atoms with Gasteiger partial charge in [0, 0.05) is 17.1 Å². The predicted molar refractivity (Wildman–Crippen MR) is 69.5 cm³/mol. The van der Waals surface area contributed by atoms with Crippen LogP contribution in [0.5, 0.6) is 0 Å². The van der Waals surface area contributed by atoms with E-state index in [-0.39, 0.29) is 6.10 Å². The van der Waals surface area contributed by atoms with Gasteiger partial charge in [0.2, 0.25) is 0 Å². The predicted octanol–water partition coefficient (Wildman–Crippen LogP) is 3.13. The van der Waals surface area contributed by atoms with Crippen LogP contribution in [0.3, 0.4) is 0 Å². The van der Waals surface area contributed by atoms with Gasteiger partial charge in [-0.05, 0) is 30.5 Å². The molecule has 0 amide bonds. The highest BCUT2D eigenvalue weighted by atomic mass is 79.9. The molecule has 0 saturated carbocycles. The number of hydrogen-bond acceptors (Lipinski definition) is 2. The van der Waals surface area contributed by atoms with Gasteiger partial charge in [0.25, 0.3) is 0 Å². The number of benzene rings is 1. The molecule has 1 N–H and O–H groups in total. The highest BCUT2D eigenvalue weighted by molar-refractivity contribution is 9.10. The summed E-state index contributed by atoms with van der Waals surface area (Å²) >= 11 is 3.50. The molecule has 0 spiro atoms. The van der Waals surface area contributed by atoms with Crippen molar-refractivity contribution in [3.8, 4) is 0 Å². The maximum absolute atomic E-state index is 5.94. The molecule has 1 heterocycles. The smallest absolute Gasteiger partial charge is 0.0949 e. The van der Waals surface area contributed by atoms with E-state index in [4.69, 9.17) is 4.74 Å². The molecule has 3 heteroatoms. The van der Waals surface area contributed by atoms with Crippen molar-refractivity contribution >= 4 is 15.9 Å². The average Bonchev–Trinajstić information content (AvgIpc) is 2.43. The van der Waals surface area contributed by atoms with E-state index in [0.29, 0.717) is 12.0 Å². The maximum atomic E-state index is 5.94. The van der Waals surface area contributed by atoms with Gasteiger partial charge in [-0.3, -0.25) is 0 Å². The zero-order chi connectivity index (χ0) is 11.5. The Bertz CT molecular complexity index is 344. The van der Waals surface area contributed by atoms with Crippen molar-refractivity contribution in [3.05, 3.63) is 34.3 Å². The molecule has 16 heavy (non-hydrogen) atoms. The highest BCUT2D eigenvalue weighted by Crippen LogP contribution is 2.24. The number of nitrogens with one attached hydrogen (secondary N) is 1. The second-order valence-corrected chi connectivity index (χ2v) is 5.47. The third-order valence-electron chi connectivity index (χ3n) is 3.26. The van der Waals surface area contributed by atoms with Crippen molar-refractivity contribution in [2.45, 2.75) is 26.0 Å². The van der Waals surface area contributed by atoms with Crippen LogP contribution in [0.15, 0.2) is 28.7 Å². The molecule has 2 nitrogen and oxygen atoms in total. The standard InChI is InChI=1S/C13H18BrNO/c1-9-8-16-13(7-15-10(9)2)11-4-3-5-12(14)6-11/h3-6,9-10,13,15H,7-8H2,1-2H3. The second-order valence-electron chi connectivity index (χ2n) is 4.55. The lowest BCUT2D eigenvalue weighted by Crippen LogP contribution is -2.32. The first kappa shape index (κ1) is 12.1. The molecule has 0 bridgehead atoms. The van der Waals surface area contributed by atoms with E-state index in [1.54, 1.807) is 0 Å². The molecule has 2 rings (SSSR count). The van der Waals surface area contributed by atoms with E-state index >= 15 is 0 Å². The Morgan fingerprint density at radius 1 is 1.38 bits per heavy atom. The number of halogens is 1. The van der Waals surface area contributed by atoms with Gasteiger partial charge in [-0.2, -0.15) is 0 Å². The van der Waals surface area contributed by atoms with E-state index in [1.165, 1.54) is 5.56 Å². The summed E-state index contributed by atoms with van der Waals surface area (Å²) in [5.41, 5.74) is 1.24. The van der Waals surface area contributed by atoms with Crippen LogP contribution < -0.4 is 5.32 Å². The summed E-state index contributed by atoms with van der Waals surface area (Å²) in [6.45, 7) is 6.16. The van der Waals surface area contributed by atoms with Crippen LogP contribution in [0.2, 0.25) is 0 Å². The van der Waals surface area contributed by atoms with Gasteiger partial charge in [-0.25, -0.2) is 0 Å². The fraction of sp³-hybridized carbons (Fsp3) is 0.538. The largest absolute Gasteiger partial charge is 0.372 e. The zero-order valence-corrected chi connectivity index (χ0v) is 11.3. The van der Waals surface area contributed by atoms with E-state index in [1.807, 2.05) is 6.07 Å². The number of ether oxygens (including phenoxy) is 1. The molecule has 0 aliphatic carbocycles. The van der Waals surface area contributed by atoms with Crippen LogP contribution >= 0.6 is 15.9 Å². The van der Waals surface area contributed by atoms with Crippen molar-refractivity contribution in [2.24, 2.45) is 5.92 Å². The number of hydrogen-bond donors (Lipinski definition) is 1.